The molecular formula is C24H27N5O5S. The van der Waals surface area contributed by atoms with Crippen LogP contribution in [-0.4, -0.2) is 59.1 Å². The van der Waals surface area contributed by atoms with Crippen LogP contribution < -0.4 is 15.4 Å². The molecular weight excluding hydrogens is 470 g/mol. The number of anilines is 1. The number of nitrogens with zero attached hydrogens (tertiary/aromatic N) is 3. The molecule has 1 heterocycles. The molecule has 0 fully saturated rings. The second-order valence-electron chi connectivity index (χ2n) is 7.28. The number of hydrogen-bond donors (Lipinski definition) is 2. The molecule has 0 saturated carbocycles. The van der Waals surface area contributed by atoms with Gasteiger partial charge >= 0.3 is 5.97 Å². The Morgan fingerprint density at radius 3 is 2.29 bits per heavy atom. The summed E-state index contributed by atoms with van der Waals surface area (Å²) in [6, 6.07) is 13.3. The summed E-state index contributed by atoms with van der Waals surface area (Å²) in [7, 11) is 2.89. The molecule has 0 unspecified atom stereocenters. The van der Waals surface area contributed by atoms with E-state index in [4.69, 9.17) is 4.74 Å². The molecule has 0 aliphatic rings. The van der Waals surface area contributed by atoms with Gasteiger partial charge in [-0.3, -0.25) is 9.59 Å². The summed E-state index contributed by atoms with van der Waals surface area (Å²) in [5, 5.41) is 14.7. The number of ether oxygens (including phenoxy) is 2. The van der Waals surface area contributed by atoms with E-state index in [1.807, 2.05) is 11.5 Å². The van der Waals surface area contributed by atoms with E-state index in [0.717, 1.165) is 5.82 Å². The van der Waals surface area contributed by atoms with E-state index < -0.39 is 5.97 Å². The van der Waals surface area contributed by atoms with Crippen molar-refractivity contribution in [2.75, 3.05) is 31.8 Å². The molecule has 1 aromatic heterocycles. The summed E-state index contributed by atoms with van der Waals surface area (Å²) >= 11 is 1.28. The number of esters is 1. The summed E-state index contributed by atoms with van der Waals surface area (Å²) < 4.78 is 11.7. The number of methoxy groups -OCH3 is 2. The predicted octanol–water partition coefficient (Wildman–Crippen LogP) is 2.80. The van der Waals surface area contributed by atoms with Gasteiger partial charge in [-0.1, -0.05) is 11.8 Å². The first-order valence-electron chi connectivity index (χ1n) is 10.9. The van der Waals surface area contributed by atoms with Gasteiger partial charge in [0.05, 0.1) is 25.5 Å². The summed E-state index contributed by atoms with van der Waals surface area (Å²) in [6.45, 7) is 3.00. The maximum absolute atomic E-state index is 12.4. The van der Waals surface area contributed by atoms with E-state index >= 15 is 0 Å². The molecule has 3 aromatic rings. The number of thioether (sulfide) groups is 1. The van der Waals surface area contributed by atoms with Crippen molar-refractivity contribution in [3.8, 4) is 5.75 Å². The minimum Gasteiger partial charge on any atom is -0.497 e. The summed E-state index contributed by atoms with van der Waals surface area (Å²) in [4.78, 5) is 36.2. The molecule has 2 aromatic carbocycles. The Morgan fingerprint density at radius 2 is 1.66 bits per heavy atom. The number of carbonyl (C=O) groups excluding carboxylic acids is 3. The van der Waals surface area contributed by atoms with Gasteiger partial charge in [-0.05, 0) is 55.5 Å². The Balaban J connectivity index is 1.49. The fourth-order valence-electron chi connectivity index (χ4n) is 3.20. The summed E-state index contributed by atoms with van der Waals surface area (Å²) in [5.74, 6) is 0.733. The van der Waals surface area contributed by atoms with E-state index in [0.29, 0.717) is 47.2 Å². The van der Waals surface area contributed by atoms with Gasteiger partial charge in [0.25, 0.3) is 5.91 Å². The smallest absolute Gasteiger partial charge is 0.337 e. The van der Waals surface area contributed by atoms with E-state index in [-0.39, 0.29) is 17.6 Å². The van der Waals surface area contributed by atoms with Gasteiger partial charge < -0.3 is 24.7 Å². The van der Waals surface area contributed by atoms with Crippen molar-refractivity contribution in [2.24, 2.45) is 0 Å². The fraction of sp³-hybridized carbons (Fsp3) is 0.292. The number of hydrogen-bond acceptors (Lipinski definition) is 8. The van der Waals surface area contributed by atoms with Gasteiger partial charge in [-0.2, -0.15) is 0 Å². The minimum atomic E-state index is -0.437. The van der Waals surface area contributed by atoms with Crippen LogP contribution in [0.5, 0.6) is 5.75 Å². The molecule has 35 heavy (non-hydrogen) atoms. The number of aromatic nitrogens is 3. The van der Waals surface area contributed by atoms with Gasteiger partial charge in [0, 0.05) is 30.8 Å². The fourth-order valence-corrected chi connectivity index (χ4v) is 4.02. The lowest BCUT2D eigenvalue weighted by Crippen LogP contribution is -2.26. The highest BCUT2D eigenvalue weighted by Crippen LogP contribution is 2.18. The molecule has 10 nitrogen and oxygen atoms in total. The van der Waals surface area contributed by atoms with E-state index in [1.54, 1.807) is 55.6 Å². The topological polar surface area (TPSA) is 124 Å². The Hall–Kier alpha value is -3.86. The third kappa shape index (κ3) is 7.06. The van der Waals surface area contributed by atoms with Crippen LogP contribution in [0, 0.1) is 0 Å². The van der Waals surface area contributed by atoms with Crippen LogP contribution >= 0.6 is 11.8 Å². The van der Waals surface area contributed by atoms with Gasteiger partial charge in [-0.25, -0.2) is 4.79 Å². The Labute approximate surface area is 207 Å². The first-order chi connectivity index (χ1) is 16.9. The molecule has 0 aliphatic heterocycles. The van der Waals surface area contributed by atoms with E-state index in [2.05, 4.69) is 25.6 Å². The van der Waals surface area contributed by atoms with Crippen LogP contribution in [0.2, 0.25) is 0 Å². The van der Waals surface area contributed by atoms with Crippen molar-refractivity contribution < 1.29 is 23.9 Å². The number of carbonyl (C=O) groups is 3. The average molecular weight is 498 g/mol. The molecule has 0 saturated heterocycles. The minimum absolute atomic E-state index is 0.144. The van der Waals surface area contributed by atoms with E-state index in [1.165, 1.54) is 18.9 Å². The molecule has 0 bridgehead atoms. The van der Waals surface area contributed by atoms with Crippen LogP contribution in [-0.2, 0) is 22.5 Å². The van der Waals surface area contributed by atoms with E-state index in [9.17, 15) is 14.4 Å². The van der Waals surface area contributed by atoms with Crippen molar-refractivity contribution in [3.63, 3.8) is 0 Å². The lowest BCUT2D eigenvalue weighted by Gasteiger charge is -2.09. The van der Waals surface area contributed by atoms with Crippen LogP contribution in [0.25, 0.3) is 0 Å². The zero-order chi connectivity index (χ0) is 25.2. The monoisotopic (exact) mass is 497 g/mol. The average Bonchev–Trinajstić information content (AvgIpc) is 3.29. The molecule has 0 atom stereocenters. The van der Waals surface area contributed by atoms with Crippen LogP contribution in [0.4, 0.5) is 5.69 Å². The molecule has 0 aliphatic carbocycles. The molecule has 184 valence electrons. The molecule has 11 heteroatoms. The zero-order valence-corrected chi connectivity index (χ0v) is 20.6. The normalized spacial score (nSPS) is 10.5. The SMILES string of the molecule is CCn1c(CCNC(=O)c2ccc(OC)cc2)nnc1SCC(=O)Nc1ccc(C(=O)OC)cc1. The molecule has 2 N–H and O–H groups in total. The van der Waals surface area contributed by atoms with Crippen LogP contribution in [0.1, 0.15) is 33.5 Å². The summed E-state index contributed by atoms with van der Waals surface area (Å²) in [5.41, 5.74) is 1.53. The first kappa shape index (κ1) is 25.8. The predicted molar refractivity (Wildman–Crippen MR) is 132 cm³/mol. The lowest BCUT2D eigenvalue weighted by atomic mass is 10.2. The molecule has 0 radical (unpaired) electrons. The van der Waals surface area contributed by atoms with Gasteiger partial charge in [0.15, 0.2) is 5.16 Å². The zero-order valence-electron chi connectivity index (χ0n) is 19.7. The Bertz CT molecular complexity index is 1160. The first-order valence-corrected chi connectivity index (χ1v) is 11.9. The highest BCUT2D eigenvalue weighted by Gasteiger charge is 2.14. The van der Waals surface area contributed by atoms with Crippen molar-refractivity contribution in [3.05, 3.63) is 65.5 Å². The number of amides is 2. The second-order valence-corrected chi connectivity index (χ2v) is 8.23. The van der Waals surface area contributed by atoms with Crippen molar-refractivity contribution in [1.82, 2.24) is 20.1 Å². The van der Waals surface area contributed by atoms with Crippen LogP contribution in [0.15, 0.2) is 53.7 Å². The van der Waals surface area contributed by atoms with Gasteiger partial charge in [-0.15, -0.1) is 10.2 Å². The molecule has 0 spiro atoms. The number of nitrogens with one attached hydrogen (secondary N) is 2. The Morgan fingerprint density at radius 1 is 0.971 bits per heavy atom. The van der Waals surface area contributed by atoms with Crippen molar-refractivity contribution in [2.45, 2.75) is 25.0 Å². The molecule has 2 amide bonds. The highest BCUT2D eigenvalue weighted by molar-refractivity contribution is 7.99. The van der Waals surface area contributed by atoms with Gasteiger partial charge in [0.2, 0.25) is 5.91 Å². The lowest BCUT2D eigenvalue weighted by molar-refractivity contribution is -0.113. The highest BCUT2D eigenvalue weighted by atomic mass is 32.2. The maximum Gasteiger partial charge on any atom is 0.337 e. The number of rotatable bonds is 11. The quantitative estimate of drug-likeness (QED) is 0.306. The Kier molecular flexibility index (Phi) is 9.24. The van der Waals surface area contributed by atoms with Crippen LogP contribution in [0.3, 0.4) is 0 Å². The largest absolute Gasteiger partial charge is 0.497 e. The second kappa shape index (κ2) is 12.6. The number of benzene rings is 2. The van der Waals surface area contributed by atoms with Crippen molar-refractivity contribution in [1.29, 1.82) is 0 Å². The standard InChI is InChI=1S/C24H27N5O5S/c1-4-29-20(13-14-25-22(31)16-7-11-19(33-2)12-8-16)27-28-24(29)35-15-21(30)26-18-9-5-17(6-10-18)23(32)34-3/h5-12H,4,13-15H2,1-3H3,(H,25,31)(H,26,30). The third-order valence-corrected chi connectivity index (χ3v) is 5.98. The van der Waals surface area contributed by atoms with Gasteiger partial charge in [0.1, 0.15) is 11.6 Å². The maximum atomic E-state index is 12.4. The molecule has 3 rings (SSSR count). The third-order valence-electron chi connectivity index (χ3n) is 5.02. The van der Waals surface area contributed by atoms with Crippen molar-refractivity contribution >= 4 is 35.2 Å². The summed E-state index contributed by atoms with van der Waals surface area (Å²) in [6.07, 6.45) is 0.502.